The maximum Gasteiger partial charge on any atom is 0.481 e. The number of hydrogen-bond donors (Lipinski definition) is 9. The lowest BCUT2D eigenvalue weighted by atomic mass is 9.87. The normalized spacial score (nSPS) is 20.6. The summed E-state index contributed by atoms with van der Waals surface area (Å²) in [5.41, 5.74) is 4.27. The van der Waals surface area contributed by atoms with Crippen molar-refractivity contribution in [1.29, 1.82) is 0 Å². The van der Waals surface area contributed by atoms with Crippen molar-refractivity contribution in [1.82, 2.24) is 30.2 Å². The molecule has 3 rings (SSSR count). The number of nitrogen functional groups attached to an aromatic ring is 1. The van der Waals surface area contributed by atoms with Crippen molar-refractivity contribution in [2.75, 3.05) is 37.8 Å². The minimum Gasteiger partial charge on any atom is -0.386 e. The number of nitrogens with zero attached hydrogens (tertiary/aromatic N) is 4. The summed E-state index contributed by atoms with van der Waals surface area (Å²) in [5, 5.41) is 26.4. The number of allylic oxidation sites excluding steroid dienone is 7. The molecule has 1 aliphatic heterocycles. The molecule has 1 fully saturated rings. The average Bonchev–Trinajstić information content (AvgIpc) is 3.81. The van der Waals surface area contributed by atoms with Gasteiger partial charge in [0.05, 0.1) is 19.5 Å². The van der Waals surface area contributed by atoms with Crippen LogP contribution in [0.4, 0.5) is 5.82 Å². The molecule has 24 nitrogen and oxygen atoms in total. The molecule has 376 valence electrons. The quantitative estimate of drug-likeness (QED) is 0.0223. The van der Waals surface area contributed by atoms with E-state index < -0.39 is 84.6 Å². The molecular weight excluding hydrogens is 963 g/mol. The van der Waals surface area contributed by atoms with Crippen LogP contribution in [0.1, 0.15) is 84.8 Å². The number of carbonyl (C=O) groups excluding carboxylic acids is 3. The zero-order valence-electron chi connectivity index (χ0n) is 37.3. The van der Waals surface area contributed by atoms with Crippen LogP contribution < -0.4 is 16.4 Å². The first kappa shape index (κ1) is 57.8. The molecule has 0 aliphatic carbocycles. The summed E-state index contributed by atoms with van der Waals surface area (Å²) in [6, 6.07) is 0. The number of ether oxygens (including phenoxy) is 1. The second-order valence-electron chi connectivity index (χ2n) is 15.6. The third-order valence-corrected chi connectivity index (χ3v) is 13.5. The lowest BCUT2D eigenvalue weighted by Gasteiger charge is -2.30. The van der Waals surface area contributed by atoms with E-state index in [1.54, 1.807) is 0 Å². The molecule has 0 spiro atoms. The van der Waals surface area contributed by atoms with Crippen LogP contribution >= 0.6 is 35.2 Å². The molecular formula is C39H62N7O17P3S. The first-order valence-electron chi connectivity index (χ1n) is 21.2. The lowest BCUT2D eigenvalue weighted by Crippen LogP contribution is -2.46. The van der Waals surface area contributed by atoms with Crippen LogP contribution in [0.25, 0.3) is 11.2 Å². The van der Waals surface area contributed by atoms with Gasteiger partial charge < -0.3 is 50.9 Å². The fourth-order valence-corrected chi connectivity index (χ4v) is 9.46. The third-order valence-electron chi connectivity index (χ3n) is 9.52. The van der Waals surface area contributed by atoms with E-state index in [2.05, 4.69) is 77.8 Å². The number of aliphatic hydroxyl groups excluding tert-OH is 2. The van der Waals surface area contributed by atoms with Crippen LogP contribution in [0.2, 0.25) is 0 Å². The van der Waals surface area contributed by atoms with E-state index in [9.17, 15) is 57.9 Å². The van der Waals surface area contributed by atoms with Crippen LogP contribution in [0.3, 0.4) is 0 Å². The lowest BCUT2D eigenvalue weighted by molar-refractivity contribution is -0.137. The van der Waals surface area contributed by atoms with E-state index in [0.29, 0.717) is 5.75 Å². The molecule has 2 amide bonds. The summed E-state index contributed by atoms with van der Waals surface area (Å²) >= 11 is 1.05. The van der Waals surface area contributed by atoms with E-state index in [-0.39, 0.29) is 41.6 Å². The number of anilines is 1. The second-order valence-corrected chi connectivity index (χ2v) is 20.9. The molecule has 3 heterocycles. The van der Waals surface area contributed by atoms with Gasteiger partial charge in [-0.25, -0.2) is 28.6 Å². The number of aromatic nitrogens is 4. The Balaban J connectivity index is 1.33. The van der Waals surface area contributed by atoms with Gasteiger partial charge in [0.2, 0.25) is 16.9 Å². The highest BCUT2D eigenvalue weighted by molar-refractivity contribution is 8.14. The molecule has 2 unspecified atom stereocenters. The number of nitrogens with two attached hydrogens (primary N) is 1. The number of thioether (sulfide) groups is 1. The van der Waals surface area contributed by atoms with Crippen molar-refractivity contribution >= 4 is 69.1 Å². The Morgan fingerprint density at radius 1 is 0.925 bits per heavy atom. The second kappa shape index (κ2) is 28.3. The molecule has 0 radical (unpaired) electrons. The first-order valence-corrected chi connectivity index (χ1v) is 26.7. The van der Waals surface area contributed by atoms with Crippen LogP contribution in [0.5, 0.6) is 0 Å². The van der Waals surface area contributed by atoms with E-state index in [0.717, 1.165) is 80.4 Å². The number of aliphatic hydroxyl groups is 2. The summed E-state index contributed by atoms with van der Waals surface area (Å²) in [7, 11) is -16.4. The minimum absolute atomic E-state index is 0.0300. The third kappa shape index (κ3) is 21.4. The van der Waals surface area contributed by atoms with Gasteiger partial charge in [-0.05, 0) is 51.0 Å². The monoisotopic (exact) mass is 1030 g/mol. The summed E-state index contributed by atoms with van der Waals surface area (Å²) < 4.78 is 62.4. The number of imidazole rings is 1. The molecule has 0 aromatic carbocycles. The number of hydrogen-bond acceptors (Lipinski definition) is 18. The fourth-order valence-electron chi connectivity index (χ4n) is 6.04. The maximum atomic E-state index is 12.7. The number of amides is 2. The van der Waals surface area contributed by atoms with Crippen molar-refractivity contribution in [2.45, 2.75) is 109 Å². The summed E-state index contributed by atoms with van der Waals surface area (Å²) in [6.07, 6.45) is 17.3. The molecule has 1 saturated heterocycles. The topological polar surface area (TPSA) is 364 Å². The highest BCUT2D eigenvalue weighted by Gasteiger charge is 2.50. The molecule has 28 heteroatoms. The SMILES string of the molecule is CC/C=C\C/C=C\C/C=C\CCCCC/C=C/C(=O)SCCNC(=O)CCNC(=O)[C@H](O)C(C)(C)COP(=O)(O)OP(=O)(O)OC[C@H]1O[C@@H](n2cnc3c(N)ncnc32)[C@H](O)[C@@H]1OP(=O)(O)O. The van der Waals surface area contributed by atoms with Crippen molar-refractivity contribution in [3.05, 3.63) is 61.3 Å². The fraction of sp³-hybridized carbons (Fsp3) is 0.590. The molecule has 10 N–H and O–H groups in total. The van der Waals surface area contributed by atoms with Gasteiger partial charge in [0.25, 0.3) is 0 Å². The van der Waals surface area contributed by atoms with Crippen molar-refractivity contribution in [3.63, 3.8) is 0 Å². The van der Waals surface area contributed by atoms with Crippen LogP contribution in [-0.2, 0) is 50.7 Å². The van der Waals surface area contributed by atoms with Gasteiger partial charge in [0, 0.05) is 30.7 Å². The van der Waals surface area contributed by atoms with Crippen molar-refractivity contribution in [3.8, 4) is 0 Å². The standard InChI is InChI=1S/C39H62N7O17P3S/c1-4-5-6-7-8-9-10-11-12-13-14-15-16-17-18-19-30(48)67-23-22-41-29(47)20-21-42-37(51)34(50)39(2,3)25-60-66(57,58)63-65(55,56)59-24-28-33(62-64(52,53)54)32(49)38(61-28)46-27-45-31-35(40)43-26-44-36(31)46/h5-6,8-9,11-12,18-19,26-28,32-34,38,49-50H,4,7,10,13-17,20-25H2,1-3H3,(H,41,47)(H,42,51)(H,55,56)(H,57,58)(H2,40,43,44)(H2,52,53,54)/b6-5-,9-8-,12-11-,19-18+/t28-,32-,33-,34+,38-/m1/s1. The largest absolute Gasteiger partial charge is 0.481 e. The van der Waals surface area contributed by atoms with Gasteiger partial charge >= 0.3 is 23.5 Å². The summed E-state index contributed by atoms with van der Waals surface area (Å²) in [5.74, 6) is -1.13. The average molecular weight is 1030 g/mol. The van der Waals surface area contributed by atoms with E-state index >= 15 is 0 Å². The highest BCUT2D eigenvalue weighted by Crippen LogP contribution is 2.61. The Morgan fingerprint density at radius 2 is 1.58 bits per heavy atom. The number of rotatable bonds is 31. The van der Waals surface area contributed by atoms with Gasteiger partial charge in [0.1, 0.15) is 36.3 Å². The van der Waals surface area contributed by atoms with E-state index in [1.165, 1.54) is 19.9 Å². The van der Waals surface area contributed by atoms with Crippen molar-refractivity contribution in [2.24, 2.45) is 5.41 Å². The van der Waals surface area contributed by atoms with E-state index in [1.807, 2.05) is 6.08 Å². The summed E-state index contributed by atoms with van der Waals surface area (Å²) in [4.78, 5) is 88.2. The van der Waals surface area contributed by atoms with Crippen molar-refractivity contribution < 1.29 is 80.5 Å². The zero-order valence-corrected chi connectivity index (χ0v) is 40.8. The Hall–Kier alpha value is -3.48. The number of phosphoric ester groups is 3. The zero-order chi connectivity index (χ0) is 49.7. The molecule has 1 aliphatic rings. The number of fused-ring (bicyclic) bond motifs is 1. The predicted octanol–water partition coefficient (Wildman–Crippen LogP) is 4.03. The number of nitrogens with one attached hydrogen (secondary N) is 2. The smallest absolute Gasteiger partial charge is 0.386 e. The van der Waals surface area contributed by atoms with E-state index in [4.69, 9.17) is 19.5 Å². The molecule has 0 bridgehead atoms. The summed E-state index contributed by atoms with van der Waals surface area (Å²) in [6.45, 7) is 2.60. The first-order chi connectivity index (χ1) is 31.6. The van der Waals surface area contributed by atoms with Gasteiger partial charge in [0.15, 0.2) is 17.7 Å². The highest BCUT2D eigenvalue weighted by atomic mass is 32.2. The Labute approximate surface area is 392 Å². The van der Waals surface area contributed by atoms with Gasteiger partial charge in [-0.2, -0.15) is 4.31 Å². The van der Waals surface area contributed by atoms with Crippen LogP contribution in [-0.4, -0.2) is 123 Å². The number of carbonyl (C=O) groups is 3. The van der Waals surface area contributed by atoms with Gasteiger partial charge in [-0.15, -0.1) is 0 Å². The Bertz CT molecular complexity index is 2190. The van der Waals surface area contributed by atoms with Gasteiger partial charge in [-0.3, -0.25) is 32.5 Å². The molecule has 2 aromatic rings. The molecule has 7 atom stereocenters. The molecule has 0 saturated carbocycles. The van der Waals surface area contributed by atoms with Crippen LogP contribution in [0, 0.1) is 5.41 Å². The molecule has 2 aromatic heterocycles. The minimum atomic E-state index is -5.58. The number of phosphoric acid groups is 3. The molecule has 67 heavy (non-hydrogen) atoms. The maximum absolute atomic E-state index is 12.7. The Morgan fingerprint density at radius 3 is 2.27 bits per heavy atom. The van der Waals surface area contributed by atoms with Gasteiger partial charge in [-0.1, -0.05) is 81.5 Å². The van der Waals surface area contributed by atoms with Crippen LogP contribution in [0.15, 0.2) is 61.3 Å². The number of unbranched alkanes of at least 4 members (excludes halogenated alkanes) is 4. The Kier molecular flexibility index (Phi) is 24.4. The predicted molar refractivity (Wildman–Crippen MR) is 246 cm³/mol.